The van der Waals surface area contributed by atoms with E-state index in [9.17, 15) is 24.1 Å². The van der Waals surface area contributed by atoms with Crippen LogP contribution in [0.15, 0.2) is 30.5 Å². The fourth-order valence-corrected chi connectivity index (χ4v) is 3.34. The first-order valence-corrected chi connectivity index (χ1v) is 9.23. The molecule has 8 nitrogen and oxygen atoms in total. The number of hydrogen-bond acceptors (Lipinski definition) is 5. The van der Waals surface area contributed by atoms with Crippen molar-refractivity contribution in [1.29, 1.82) is 0 Å². The van der Waals surface area contributed by atoms with Gasteiger partial charge in [0.1, 0.15) is 11.6 Å². The third kappa shape index (κ3) is 4.56. The van der Waals surface area contributed by atoms with Crippen LogP contribution in [0.3, 0.4) is 0 Å². The molecule has 2 heterocycles. The number of nitro groups is 1. The van der Waals surface area contributed by atoms with E-state index in [1.807, 2.05) is 13.0 Å². The Balaban J connectivity index is 1.64. The van der Waals surface area contributed by atoms with Crippen molar-refractivity contribution in [2.75, 3.05) is 18.4 Å². The summed E-state index contributed by atoms with van der Waals surface area (Å²) in [6.45, 7) is 3.82. The fraction of sp³-hybridized carbons (Fsp3) is 0.350. The number of carbonyl (C=O) groups excluding carboxylic acids is 2. The van der Waals surface area contributed by atoms with Gasteiger partial charge in [0.2, 0.25) is 5.91 Å². The molecule has 1 saturated heterocycles. The number of amides is 2. The van der Waals surface area contributed by atoms with E-state index >= 15 is 0 Å². The number of hydrogen-bond donors (Lipinski definition) is 1. The van der Waals surface area contributed by atoms with Crippen molar-refractivity contribution in [2.24, 2.45) is 5.92 Å². The summed E-state index contributed by atoms with van der Waals surface area (Å²) in [6, 6.07) is 5.73. The fourth-order valence-electron chi connectivity index (χ4n) is 3.34. The van der Waals surface area contributed by atoms with Crippen molar-refractivity contribution in [2.45, 2.75) is 26.7 Å². The van der Waals surface area contributed by atoms with Crippen molar-refractivity contribution in [3.63, 3.8) is 0 Å². The van der Waals surface area contributed by atoms with E-state index in [4.69, 9.17) is 0 Å². The van der Waals surface area contributed by atoms with Crippen LogP contribution in [0.2, 0.25) is 0 Å². The number of rotatable bonds is 4. The van der Waals surface area contributed by atoms with Gasteiger partial charge in [-0.3, -0.25) is 19.7 Å². The quantitative estimate of drug-likeness (QED) is 0.627. The molecule has 0 spiro atoms. The lowest BCUT2D eigenvalue weighted by Crippen LogP contribution is -2.41. The molecule has 1 aliphatic heterocycles. The van der Waals surface area contributed by atoms with Crippen molar-refractivity contribution in [3.8, 4) is 0 Å². The van der Waals surface area contributed by atoms with Gasteiger partial charge in [0.15, 0.2) is 0 Å². The molecule has 2 amide bonds. The number of nitro benzene ring substituents is 1. The van der Waals surface area contributed by atoms with Gasteiger partial charge in [0, 0.05) is 36.8 Å². The van der Waals surface area contributed by atoms with Gasteiger partial charge >= 0.3 is 0 Å². The van der Waals surface area contributed by atoms with Gasteiger partial charge in [-0.2, -0.15) is 0 Å². The van der Waals surface area contributed by atoms with E-state index in [1.54, 1.807) is 12.3 Å². The average molecular weight is 400 g/mol. The molecule has 0 aliphatic carbocycles. The minimum atomic E-state index is -0.789. The number of benzene rings is 1. The number of aryl methyl sites for hydroxylation is 1. The Morgan fingerprint density at radius 1 is 1.24 bits per heavy atom. The number of carbonyl (C=O) groups is 2. The number of halogens is 1. The maximum absolute atomic E-state index is 14.0. The molecule has 9 heteroatoms. The Morgan fingerprint density at radius 2 is 1.93 bits per heavy atom. The van der Waals surface area contributed by atoms with E-state index in [-0.39, 0.29) is 23.0 Å². The van der Waals surface area contributed by atoms with Crippen LogP contribution in [0.5, 0.6) is 0 Å². The summed E-state index contributed by atoms with van der Waals surface area (Å²) in [7, 11) is 0. The summed E-state index contributed by atoms with van der Waals surface area (Å²) in [4.78, 5) is 41.1. The van der Waals surface area contributed by atoms with Gasteiger partial charge in [0.25, 0.3) is 11.6 Å². The predicted molar refractivity (Wildman–Crippen MR) is 104 cm³/mol. The molecule has 1 N–H and O–H groups in total. The van der Waals surface area contributed by atoms with Crippen LogP contribution < -0.4 is 5.32 Å². The van der Waals surface area contributed by atoms with E-state index in [2.05, 4.69) is 10.3 Å². The monoisotopic (exact) mass is 400 g/mol. The van der Waals surface area contributed by atoms with Gasteiger partial charge in [0.05, 0.1) is 10.5 Å². The summed E-state index contributed by atoms with van der Waals surface area (Å²) < 4.78 is 14.0. The molecule has 0 bridgehead atoms. The van der Waals surface area contributed by atoms with Crippen molar-refractivity contribution >= 4 is 23.3 Å². The molecule has 1 aromatic heterocycles. The largest absolute Gasteiger partial charge is 0.339 e. The van der Waals surface area contributed by atoms with Crippen LogP contribution in [0.25, 0.3) is 0 Å². The molecular weight excluding hydrogens is 379 g/mol. The molecule has 2 aromatic rings. The predicted octanol–water partition coefficient (Wildman–Crippen LogP) is 3.24. The molecule has 0 saturated carbocycles. The topological polar surface area (TPSA) is 105 Å². The van der Waals surface area contributed by atoms with E-state index in [0.29, 0.717) is 31.7 Å². The van der Waals surface area contributed by atoms with Gasteiger partial charge in [-0.05, 0) is 50.5 Å². The Bertz CT molecular complexity index is 971. The number of aromatic nitrogens is 1. The molecule has 3 rings (SSSR count). The molecule has 1 aromatic carbocycles. The highest BCUT2D eigenvalue weighted by Gasteiger charge is 2.29. The van der Waals surface area contributed by atoms with Crippen LogP contribution >= 0.6 is 0 Å². The van der Waals surface area contributed by atoms with E-state index in [1.165, 1.54) is 11.8 Å². The maximum atomic E-state index is 14.0. The number of piperidine rings is 1. The van der Waals surface area contributed by atoms with Crippen LogP contribution in [0, 0.1) is 35.7 Å². The number of nitrogens with zero attached hydrogens (tertiary/aromatic N) is 3. The first-order valence-electron chi connectivity index (χ1n) is 9.23. The van der Waals surface area contributed by atoms with Crippen LogP contribution in [0.4, 0.5) is 15.9 Å². The maximum Gasteiger partial charge on any atom is 0.276 e. The summed E-state index contributed by atoms with van der Waals surface area (Å²) in [5.74, 6) is -1.22. The lowest BCUT2D eigenvalue weighted by molar-refractivity contribution is -0.385. The summed E-state index contributed by atoms with van der Waals surface area (Å²) in [5, 5.41) is 13.9. The Hall–Kier alpha value is -3.36. The molecule has 29 heavy (non-hydrogen) atoms. The zero-order valence-electron chi connectivity index (χ0n) is 16.1. The standard InChI is InChI=1S/C20H21FN4O4/c1-12-3-6-22-18(9-12)23-19(26)14-4-7-24(8-5-14)20(27)15-10-16(21)13(2)17(11-15)25(28)29/h3,6,9-11,14H,4-5,7-8H2,1-2H3,(H,22,23,26). The number of pyridine rings is 1. The lowest BCUT2D eigenvalue weighted by atomic mass is 9.95. The number of likely N-dealkylation sites (tertiary alicyclic amines) is 1. The summed E-state index contributed by atoms with van der Waals surface area (Å²) in [6.07, 6.45) is 2.51. The molecule has 0 unspecified atom stereocenters. The minimum absolute atomic E-state index is 0.0633. The number of anilines is 1. The Kier molecular flexibility index (Phi) is 5.86. The Labute approximate surface area is 166 Å². The van der Waals surface area contributed by atoms with Crippen molar-refractivity contribution in [3.05, 3.63) is 63.1 Å². The first kappa shape index (κ1) is 20.4. The highest BCUT2D eigenvalue weighted by Crippen LogP contribution is 2.26. The zero-order valence-corrected chi connectivity index (χ0v) is 16.1. The summed E-state index contributed by atoms with van der Waals surface area (Å²) >= 11 is 0. The van der Waals surface area contributed by atoms with Crippen LogP contribution in [-0.2, 0) is 4.79 Å². The molecule has 0 atom stereocenters. The SMILES string of the molecule is Cc1ccnc(NC(=O)C2CCN(C(=O)c3cc(F)c(C)c([N+](=O)[O-])c3)CC2)c1. The van der Waals surface area contributed by atoms with Gasteiger partial charge in [-0.15, -0.1) is 0 Å². The summed E-state index contributed by atoms with van der Waals surface area (Å²) in [5.41, 5.74) is 0.391. The van der Waals surface area contributed by atoms with Crippen LogP contribution in [-0.4, -0.2) is 39.7 Å². The van der Waals surface area contributed by atoms with Crippen molar-refractivity contribution < 1.29 is 18.9 Å². The smallest absolute Gasteiger partial charge is 0.276 e. The molecular formula is C20H21FN4O4. The highest BCUT2D eigenvalue weighted by atomic mass is 19.1. The second kappa shape index (κ2) is 8.34. The van der Waals surface area contributed by atoms with Crippen molar-refractivity contribution in [1.82, 2.24) is 9.88 Å². The zero-order chi connectivity index (χ0) is 21.1. The van der Waals surface area contributed by atoms with E-state index < -0.39 is 22.3 Å². The molecule has 1 fully saturated rings. The van der Waals surface area contributed by atoms with E-state index in [0.717, 1.165) is 17.7 Å². The minimum Gasteiger partial charge on any atom is -0.339 e. The van der Waals surface area contributed by atoms with Gasteiger partial charge in [-0.25, -0.2) is 9.37 Å². The highest BCUT2D eigenvalue weighted by molar-refractivity contribution is 5.96. The average Bonchev–Trinajstić information content (AvgIpc) is 2.69. The first-order chi connectivity index (χ1) is 13.8. The second-order valence-electron chi connectivity index (χ2n) is 7.13. The third-order valence-electron chi connectivity index (χ3n) is 5.08. The lowest BCUT2D eigenvalue weighted by Gasteiger charge is -2.31. The van der Waals surface area contributed by atoms with Gasteiger partial charge < -0.3 is 10.2 Å². The van der Waals surface area contributed by atoms with Crippen LogP contribution in [0.1, 0.15) is 34.3 Å². The number of nitrogens with one attached hydrogen (secondary N) is 1. The Morgan fingerprint density at radius 3 is 2.55 bits per heavy atom. The molecule has 152 valence electrons. The molecule has 1 aliphatic rings. The molecule has 0 radical (unpaired) electrons. The second-order valence-corrected chi connectivity index (χ2v) is 7.13. The van der Waals surface area contributed by atoms with Gasteiger partial charge in [-0.1, -0.05) is 0 Å². The third-order valence-corrected chi connectivity index (χ3v) is 5.08. The normalized spacial score (nSPS) is 14.5.